The van der Waals surface area contributed by atoms with Gasteiger partial charge in [0.15, 0.2) is 0 Å². The second-order valence-corrected chi connectivity index (χ2v) is 5.14. The van der Waals surface area contributed by atoms with Crippen LogP contribution in [0.1, 0.15) is 38.2 Å². The van der Waals surface area contributed by atoms with Crippen molar-refractivity contribution < 1.29 is 4.79 Å². The maximum absolute atomic E-state index is 12.4. The number of benzene rings is 1. The van der Waals surface area contributed by atoms with Crippen LogP contribution in [0.4, 0.5) is 5.69 Å². The largest absolute Gasteiger partial charge is 0.399 e. The van der Waals surface area contributed by atoms with Gasteiger partial charge in [0.2, 0.25) is 5.91 Å². The number of anilines is 1. The Morgan fingerprint density at radius 2 is 2.11 bits per heavy atom. The number of carbonyl (C=O) groups excluding carboxylic acids is 1. The SMILES string of the molecule is CCC(CC#N)NC(=O)C1(c2ccc(N)cc2)CC1. The fourth-order valence-electron chi connectivity index (χ4n) is 2.31. The van der Waals surface area contributed by atoms with Gasteiger partial charge in [0.1, 0.15) is 0 Å². The summed E-state index contributed by atoms with van der Waals surface area (Å²) in [7, 11) is 0. The van der Waals surface area contributed by atoms with Gasteiger partial charge in [-0.1, -0.05) is 19.1 Å². The molecular formula is C15H19N3O. The van der Waals surface area contributed by atoms with Gasteiger partial charge >= 0.3 is 0 Å². The molecule has 1 atom stereocenters. The smallest absolute Gasteiger partial charge is 0.230 e. The molecule has 0 bridgehead atoms. The lowest BCUT2D eigenvalue weighted by atomic mass is 9.94. The molecule has 0 aliphatic heterocycles. The topological polar surface area (TPSA) is 78.9 Å². The highest BCUT2D eigenvalue weighted by Gasteiger charge is 2.51. The Labute approximate surface area is 113 Å². The van der Waals surface area contributed by atoms with E-state index < -0.39 is 5.41 Å². The van der Waals surface area contributed by atoms with Crippen LogP contribution in [0.3, 0.4) is 0 Å². The molecule has 0 heterocycles. The van der Waals surface area contributed by atoms with Crippen molar-refractivity contribution in [1.82, 2.24) is 5.32 Å². The molecule has 1 aromatic rings. The number of rotatable bonds is 5. The molecule has 2 rings (SSSR count). The van der Waals surface area contributed by atoms with E-state index in [-0.39, 0.29) is 11.9 Å². The normalized spacial score (nSPS) is 17.3. The van der Waals surface area contributed by atoms with Gasteiger partial charge in [-0.2, -0.15) is 5.26 Å². The molecule has 1 aliphatic carbocycles. The Hall–Kier alpha value is -2.02. The van der Waals surface area contributed by atoms with Crippen molar-refractivity contribution in [2.75, 3.05) is 5.73 Å². The second kappa shape index (κ2) is 5.31. The first-order valence-electron chi connectivity index (χ1n) is 6.66. The summed E-state index contributed by atoms with van der Waals surface area (Å²) in [6, 6.07) is 9.56. The van der Waals surface area contributed by atoms with Crippen molar-refractivity contribution >= 4 is 11.6 Å². The van der Waals surface area contributed by atoms with E-state index in [1.165, 1.54) is 0 Å². The van der Waals surface area contributed by atoms with Crippen LogP contribution in [-0.2, 0) is 10.2 Å². The van der Waals surface area contributed by atoms with Crippen molar-refractivity contribution in [3.8, 4) is 6.07 Å². The summed E-state index contributed by atoms with van der Waals surface area (Å²) in [5, 5.41) is 11.7. The molecule has 1 unspecified atom stereocenters. The van der Waals surface area contributed by atoms with Crippen LogP contribution in [-0.4, -0.2) is 11.9 Å². The van der Waals surface area contributed by atoms with Crippen molar-refractivity contribution in [3.05, 3.63) is 29.8 Å². The molecule has 1 saturated carbocycles. The molecule has 3 N–H and O–H groups in total. The van der Waals surface area contributed by atoms with Crippen molar-refractivity contribution in [2.45, 2.75) is 44.1 Å². The summed E-state index contributed by atoms with van der Waals surface area (Å²) in [6.45, 7) is 1.98. The molecule has 1 fully saturated rings. The Bertz CT molecular complexity index is 497. The standard InChI is InChI=1S/C15H19N3O/c1-2-13(7-10-16)18-14(19)15(8-9-15)11-3-5-12(17)6-4-11/h3-6,13H,2,7-9,17H2,1H3,(H,18,19). The molecule has 1 amide bonds. The lowest BCUT2D eigenvalue weighted by Crippen LogP contribution is -2.41. The molecule has 19 heavy (non-hydrogen) atoms. The summed E-state index contributed by atoms with van der Waals surface area (Å²) >= 11 is 0. The van der Waals surface area contributed by atoms with Gasteiger partial charge in [0.05, 0.1) is 17.9 Å². The Morgan fingerprint density at radius 1 is 1.47 bits per heavy atom. The van der Waals surface area contributed by atoms with E-state index in [1.807, 2.05) is 31.2 Å². The van der Waals surface area contributed by atoms with Gasteiger partial charge in [-0.25, -0.2) is 0 Å². The van der Waals surface area contributed by atoms with Gasteiger partial charge < -0.3 is 11.1 Å². The number of carbonyl (C=O) groups is 1. The Morgan fingerprint density at radius 3 is 2.58 bits per heavy atom. The average Bonchev–Trinajstić information content (AvgIpc) is 3.20. The van der Waals surface area contributed by atoms with E-state index in [0.29, 0.717) is 12.1 Å². The predicted octanol–water partition coefficient (Wildman–Crippen LogP) is 2.11. The molecule has 1 aliphatic rings. The highest BCUT2D eigenvalue weighted by atomic mass is 16.2. The van der Waals surface area contributed by atoms with Gasteiger partial charge in [0, 0.05) is 11.7 Å². The summed E-state index contributed by atoms with van der Waals surface area (Å²) in [6.07, 6.45) is 2.87. The van der Waals surface area contributed by atoms with Crippen LogP contribution in [0.2, 0.25) is 0 Å². The van der Waals surface area contributed by atoms with Crippen LogP contribution < -0.4 is 11.1 Å². The third kappa shape index (κ3) is 2.70. The minimum Gasteiger partial charge on any atom is -0.399 e. The van der Waals surface area contributed by atoms with E-state index in [0.717, 1.165) is 24.8 Å². The summed E-state index contributed by atoms with van der Waals surface area (Å²) in [4.78, 5) is 12.4. The minimum atomic E-state index is -0.392. The fraction of sp³-hybridized carbons (Fsp3) is 0.467. The summed E-state index contributed by atoms with van der Waals surface area (Å²) in [5.41, 5.74) is 7.00. The first-order chi connectivity index (χ1) is 9.12. The minimum absolute atomic E-state index is 0.0411. The van der Waals surface area contributed by atoms with Crippen molar-refractivity contribution in [2.24, 2.45) is 0 Å². The fourth-order valence-corrected chi connectivity index (χ4v) is 2.31. The third-order valence-corrected chi connectivity index (χ3v) is 3.81. The zero-order valence-corrected chi connectivity index (χ0v) is 11.1. The molecule has 4 heteroatoms. The van der Waals surface area contributed by atoms with Crippen LogP contribution in [0.15, 0.2) is 24.3 Å². The van der Waals surface area contributed by atoms with Crippen molar-refractivity contribution in [1.29, 1.82) is 5.26 Å². The summed E-state index contributed by atoms with van der Waals surface area (Å²) in [5.74, 6) is 0.0411. The first-order valence-corrected chi connectivity index (χ1v) is 6.66. The zero-order valence-electron chi connectivity index (χ0n) is 11.1. The Balaban J connectivity index is 2.10. The number of amides is 1. The Kier molecular flexibility index (Phi) is 3.75. The van der Waals surface area contributed by atoms with Gasteiger partial charge in [-0.3, -0.25) is 4.79 Å². The van der Waals surface area contributed by atoms with Crippen LogP contribution in [0, 0.1) is 11.3 Å². The number of hydrogen-bond acceptors (Lipinski definition) is 3. The van der Waals surface area contributed by atoms with E-state index >= 15 is 0 Å². The van der Waals surface area contributed by atoms with Crippen LogP contribution in [0.5, 0.6) is 0 Å². The predicted molar refractivity (Wildman–Crippen MR) is 74.2 cm³/mol. The van der Waals surface area contributed by atoms with E-state index in [9.17, 15) is 4.79 Å². The highest BCUT2D eigenvalue weighted by molar-refractivity contribution is 5.91. The molecule has 4 nitrogen and oxygen atoms in total. The number of nitriles is 1. The maximum atomic E-state index is 12.4. The molecular weight excluding hydrogens is 238 g/mol. The number of nitrogens with two attached hydrogens (primary N) is 1. The molecule has 1 aromatic carbocycles. The van der Waals surface area contributed by atoms with Gasteiger partial charge in [0.25, 0.3) is 0 Å². The number of hydrogen-bond donors (Lipinski definition) is 2. The van der Waals surface area contributed by atoms with Crippen LogP contribution >= 0.6 is 0 Å². The summed E-state index contributed by atoms with van der Waals surface area (Å²) < 4.78 is 0. The molecule has 0 spiro atoms. The van der Waals surface area contributed by atoms with E-state index in [4.69, 9.17) is 11.0 Å². The number of nitrogen functional groups attached to an aromatic ring is 1. The quantitative estimate of drug-likeness (QED) is 0.793. The zero-order chi connectivity index (χ0) is 13.9. The lowest BCUT2D eigenvalue weighted by molar-refractivity contribution is -0.124. The van der Waals surface area contributed by atoms with Gasteiger partial charge in [-0.05, 0) is 37.0 Å². The maximum Gasteiger partial charge on any atom is 0.230 e. The average molecular weight is 257 g/mol. The second-order valence-electron chi connectivity index (χ2n) is 5.14. The third-order valence-electron chi connectivity index (χ3n) is 3.81. The van der Waals surface area contributed by atoms with Crippen LogP contribution in [0.25, 0.3) is 0 Å². The molecule has 0 saturated heterocycles. The molecule has 0 aromatic heterocycles. The van der Waals surface area contributed by atoms with E-state index in [2.05, 4.69) is 11.4 Å². The van der Waals surface area contributed by atoms with Gasteiger partial charge in [-0.15, -0.1) is 0 Å². The molecule has 0 radical (unpaired) electrons. The first kappa shape index (κ1) is 13.4. The lowest BCUT2D eigenvalue weighted by Gasteiger charge is -2.20. The van der Waals surface area contributed by atoms with E-state index in [1.54, 1.807) is 0 Å². The number of nitrogens with one attached hydrogen (secondary N) is 1. The highest BCUT2D eigenvalue weighted by Crippen LogP contribution is 2.48. The monoisotopic (exact) mass is 257 g/mol. The number of nitrogens with zero attached hydrogens (tertiary/aromatic N) is 1. The van der Waals surface area contributed by atoms with Crippen molar-refractivity contribution in [3.63, 3.8) is 0 Å². The molecule has 100 valence electrons.